The summed E-state index contributed by atoms with van der Waals surface area (Å²) < 4.78 is 5.72. The van der Waals surface area contributed by atoms with Crippen LogP contribution in [0.1, 0.15) is 56.1 Å². The van der Waals surface area contributed by atoms with Crippen LogP contribution in [0.15, 0.2) is 18.2 Å². The Kier molecular flexibility index (Phi) is 6.39. The van der Waals surface area contributed by atoms with Crippen molar-refractivity contribution in [3.63, 3.8) is 0 Å². The van der Waals surface area contributed by atoms with E-state index in [4.69, 9.17) is 4.74 Å². The van der Waals surface area contributed by atoms with E-state index >= 15 is 0 Å². The molecule has 1 aromatic carbocycles. The van der Waals surface area contributed by atoms with Gasteiger partial charge in [0.05, 0.1) is 13.2 Å². The van der Waals surface area contributed by atoms with Crippen molar-refractivity contribution in [2.24, 2.45) is 5.92 Å². The summed E-state index contributed by atoms with van der Waals surface area (Å²) in [6.45, 7) is 7.17. The van der Waals surface area contributed by atoms with Gasteiger partial charge in [0.25, 0.3) is 5.91 Å². The van der Waals surface area contributed by atoms with Crippen LogP contribution in [0, 0.1) is 5.92 Å². The molecule has 32 heavy (non-hydrogen) atoms. The van der Waals surface area contributed by atoms with Gasteiger partial charge in [0.2, 0.25) is 11.8 Å². The molecule has 3 amide bonds. The second-order valence-corrected chi connectivity index (χ2v) is 9.09. The number of carbonyl (C=O) groups is 3. The molecule has 2 aliphatic rings. The van der Waals surface area contributed by atoms with E-state index in [1.54, 1.807) is 11.0 Å². The maximum absolute atomic E-state index is 13.0. The Morgan fingerprint density at radius 3 is 2.84 bits per heavy atom. The number of aromatic nitrogens is 1. The van der Waals surface area contributed by atoms with E-state index in [0.29, 0.717) is 18.7 Å². The van der Waals surface area contributed by atoms with E-state index in [1.807, 2.05) is 32.9 Å². The molecule has 2 atom stereocenters. The highest BCUT2D eigenvalue weighted by Crippen LogP contribution is 2.34. The predicted molar refractivity (Wildman–Crippen MR) is 122 cm³/mol. The van der Waals surface area contributed by atoms with Crippen molar-refractivity contribution in [1.29, 1.82) is 0 Å². The van der Waals surface area contributed by atoms with E-state index in [9.17, 15) is 14.4 Å². The molecule has 1 aromatic heterocycles. The van der Waals surface area contributed by atoms with Gasteiger partial charge in [0.1, 0.15) is 11.4 Å². The van der Waals surface area contributed by atoms with Crippen molar-refractivity contribution in [3.8, 4) is 5.75 Å². The number of piperidine rings is 1. The molecule has 0 unspecified atom stereocenters. The van der Waals surface area contributed by atoms with Gasteiger partial charge in [-0.25, -0.2) is 0 Å². The number of nitrogens with one attached hydrogen (secondary N) is 3. The Balaban J connectivity index is 1.39. The summed E-state index contributed by atoms with van der Waals surface area (Å²) in [6, 6.07) is 5.62. The van der Waals surface area contributed by atoms with Gasteiger partial charge >= 0.3 is 0 Å². The lowest BCUT2D eigenvalue weighted by Gasteiger charge is -2.35. The highest BCUT2D eigenvalue weighted by atomic mass is 16.5. The summed E-state index contributed by atoms with van der Waals surface area (Å²) in [6.07, 6.45) is 3.31. The molecule has 2 aromatic rings. The van der Waals surface area contributed by atoms with Crippen molar-refractivity contribution in [2.75, 3.05) is 19.7 Å². The van der Waals surface area contributed by atoms with Gasteiger partial charge in [-0.15, -0.1) is 0 Å². The predicted octanol–water partition coefficient (Wildman–Crippen LogP) is 2.37. The van der Waals surface area contributed by atoms with Crippen LogP contribution < -0.4 is 15.4 Å². The number of rotatable bonds is 7. The fraction of sp³-hybridized carbons (Fsp3) is 0.542. The molecule has 8 nitrogen and oxygen atoms in total. The van der Waals surface area contributed by atoms with E-state index in [0.717, 1.165) is 48.0 Å². The Bertz CT molecular complexity index is 1030. The molecule has 172 valence electrons. The molecule has 4 rings (SSSR count). The van der Waals surface area contributed by atoms with Gasteiger partial charge in [-0.1, -0.05) is 6.07 Å². The number of H-pyrrole nitrogens is 1. The van der Waals surface area contributed by atoms with Crippen LogP contribution in [0.3, 0.4) is 0 Å². The molecule has 3 heterocycles. The Labute approximate surface area is 188 Å². The molecule has 0 aliphatic carbocycles. The van der Waals surface area contributed by atoms with Gasteiger partial charge in [0.15, 0.2) is 0 Å². The molecule has 0 bridgehead atoms. The lowest BCUT2D eigenvalue weighted by atomic mass is 9.91. The van der Waals surface area contributed by atoms with Crippen LogP contribution in [-0.4, -0.2) is 59.4 Å². The zero-order valence-corrected chi connectivity index (χ0v) is 19.0. The van der Waals surface area contributed by atoms with Crippen molar-refractivity contribution in [3.05, 3.63) is 29.5 Å². The van der Waals surface area contributed by atoms with Gasteiger partial charge in [-0.2, -0.15) is 0 Å². The third-order valence-electron chi connectivity index (χ3n) is 6.44. The van der Waals surface area contributed by atoms with E-state index < -0.39 is 0 Å². The number of hydrogen-bond donors (Lipinski definition) is 3. The monoisotopic (exact) mass is 440 g/mol. The summed E-state index contributed by atoms with van der Waals surface area (Å²) in [7, 11) is 0. The van der Waals surface area contributed by atoms with Crippen LogP contribution in [0.5, 0.6) is 5.75 Å². The Hall–Kier alpha value is -3.03. The van der Waals surface area contributed by atoms with Crippen LogP contribution in [0.2, 0.25) is 0 Å². The number of aromatic amines is 1. The molecule has 2 aliphatic heterocycles. The van der Waals surface area contributed by atoms with Crippen LogP contribution >= 0.6 is 0 Å². The molecule has 1 fully saturated rings. The van der Waals surface area contributed by atoms with Crippen molar-refractivity contribution in [1.82, 2.24) is 20.5 Å². The lowest BCUT2D eigenvalue weighted by Crippen LogP contribution is -2.49. The second kappa shape index (κ2) is 9.22. The van der Waals surface area contributed by atoms with Crippen molar-refractivity contribution in [2.45, 2.75) is 58.5 Å². The number of nitrogens with zero attached hydrogens (tertiary/aromatic N) is 1. The molecule has 3 N–H and O–H groups in total. The number of amides is 3. The van der Waals surface area contributed by atoms with Gasteiger partial charge in [0, 0.05) is 41.9 Å². The number of carbonyl (C=O) groups excluding carboxylic acids is 3. The first-order valence-corrected chi connectivity index (χ1v) is 11.5. The summed E-state index contributed by atoms with van der Waals surface area (Å²) in [4.78, 5) is 42.7. The molecule has 0 saturated carbocycles. The van der Waals surface area contributed by atoms with Crippen molar-refractivity contribution >= 4 is 28.6 Å². The highest BCUT2D eigenvalue weighted by Gasteiger charge is 2.30. The average molecular weight is 441 g/mol. The van der Waals surface area contributed by atoms with Crippen LogP contribution in [0.4, 0.5) is 0 Å². The van der Waals surface area contributed by atoms with Crippen LogP contribution in [-0.2, 0) is 16.0 Å². The highest BCUT2D eigenvalue weighted by molar-refractivity contribution is 6.01. The molecular weight excluding hydrogens is 408 g/mol. The first-order chi connectivity index (χ1) is 15.3. The minimum atomic E-state index is -0.329. The largest absolute Gasteiger partial charge is 0.492 e. The summed E-state index contributed by atoms with van der Waals surface area (Å²) in [5, 5.41) is 6.54. The smallest absolute Gasteiger partial charge is 0.268 e. The normalized spacial score (nSPS) is 18.8. The number of benzene rings is 1. The summed E-state index contributed by atoms with van der Waals surface area (Å²) in [5.41, 5.74) is 2.39. The van der Waals surface area contributed by atoms with Gasteiger partial charge < -0.3 is 25.3 Å². The number of fused-ring (bicyclic) bond motifs is 3. The number of hydrogen-bond acceptors (Lipinski definition) is 4. The molecule has 1 saturated heterocycles. The molecule has 0 spiro atoms. The maximum atomic E-state index is 13.0. The Morgan fingerprint density at radius 1 is 1.28 bits per heavy atom. The maximum Gasteiger partial charge on any atom is 0.268 e. The summed E-state index contributed by atoms with van der Waals surface area (Å²) in [5.74, 6) is 0.349. The van der Waals surface area contributed by atoms with Gasteiger partial charge in [-0.3, -0.25) is 14.4 Å². The van der Waals surface area contributed by atoms with E-state index in [1.165, 1.54) is 0 Å². The van der Waals surface area contributed by atoms with E-state index in [-0.39, 0.29) is 42.3 Å². The lowest BCUT2D eigenvalue weighted by molar-refractivity contribution is -0.136. The quantitative estimate of drug-likeness (QED) is 0.615. The minimum absolute atomic E-state index is 0.0335. The molecule has 8 heteroatoms. The van der Waals surface area contributed by atoms with Crippen molar-refractivity contribution < 1.29 is 19.1 Å². The third kappa shape index (κ3) is 4.45. The Morgan fingerprint density at radius 2 is 2.09 bits per heavy atom. The zero-order valence-electron chi connectivity index (χ0n) is 19.0. The van der Waals surface area contributed by atoms with Crippen LogP contribution in [0.25, 0.3) is 10.9 Å². The first-order valence-electron chi connectivity index (χ1n) is 11.5. The average Bonchev–Trinajstić information content (AvgIpc) is 3.39. The standard InChI is InChI=1S/C24H32N4O4/c1-14(2)28(15(3)11-17-5-4-9-25-23(17)30)21(29)13-26-24(31)20-12-18-19(27-20)7-6-16-8-10-32-22(16)18/h6-7,12,14-15,17,27H,4-5,8-11,13H2,1-3H3,(H,25,30)(H,26,31)/t15-,17+/m1/s1. The second-order valence-electron chi connectivity index (χ2n) is 9.09. The summed E-state index contributed by atoms with van der Waals surface area (Å²) >= 11 is 0. The fourth-order valence-electron chi connectivity index (χ4n) is 4.95. The zero-order chi connectivity index (χ0) is 22.8. The minimum Gasteiger partial charge on any atom is -0.492 e. The molecule has 0 radical (unpaired) electrons. The third-order valence-corrected chi connectivity index (χ3v) is 6.44. The SMILES string of the molecule is CC(C)N(C(=O)CNC(=O)c1cc2c3c(ccc2[nH]1)CCO3)[C@H](C)C[C@@H]1CCCNC1=O. The van der Waals surface area contributed by atoms with Gasteiger partial charge in [-0.05, 0) is 57.7 Å². The van der Waals surface area contributed by atoms with E-state index in [2.05, 4.69) is 15.6 Å². The topological polar surface area (TPSA) is 104 Å². The fourth-order valence-corrected chi connectivity index (χ4v) is 4.95. The molecular formula is C24H32N4O4. The first kappa shape index (κ1) is 22.2. The number of ether oxygens (including phenoxy) is 1.